The summed E-state index contributed by atoms with van der Waals surface area (Å²) in [7, 11) is 0. The summed E-state index contributed by atoms with van der Waals surface area (Å²) < 4.78 is 31.9. The number of carbonyl (C=O) groups is 1. The van der Waals surface area contributed by atoms with Gasteiger partial charge < -0.3 is 15.4 Å². The minimum absolute atomic E-state index is 0.0701. The number of ether oxygens (including phenoxy) is 1. The maximum absolute atomic E-state index is 13.5. The first kappa shape index (κ1) is 14.3. The van der Waals surface area contributed by atoms with Gasteiger partial charge in [0.2, 0.25) is 0 Å². The molecule has 0 aliphatic carbocycles. The molecule has 0 saturated carbocycles. The van der Waals surface area contributed by atoms with Gasteiger partial charge in [-0.1, -0.05) is 18.2 Å². The Morgan fingerprint density at radius 2 is 2.00 bits per heavy atom. The van der Waals surface area contributed by atoms with Gasteiger partial charge in [0, 0.05) is 18.1 Å². The number of amides is 2. The summed E-state index contributed by atoms with van der Waals surface area (Å²) in [6, 6.07) is 9.65. The molecular formula is C16H14F2N2O2. The summed E-state index contributed by atoms with van der Waals surface area (Å²) >= 11 is 0. The fraction of sp³-hybridized carbons (Fsp3) is 0.188. The highest BCUT2D eigenvalue weighted by atomic mass is 19.1. The Morgan fingerprint density at radius 1 is 1.18 bits per heavy atom. The second-order valence-corrected chi connectivity index (χ2v) is 4.95. The molecule has 4 nitrogen and oxygen atoms in total. The molecule has 2 aromatic carbocycles. The van der Waals surface area contributed by atoms with Crippen molar-refractivity contribution in [2.45, 2.75) is 12.5 Å². The second kappa shape index (κ2) is 6.01. The normalized spacial score (nSPS) is 16.4. The maximum atomic E-state index is 13.5. The molecular weight excluding hydrogens is 290 g/mol. The molecule has 0 bridgehead atoms. The summed E-state index contributed by atoms with van der Waals surface area (Å²) in [5.74, 6) is -0.781. The third-order valence-electron chi connectivity index (χ3n) is 3.44. The molecule has 2 aromatic rings. The summed E-state index contributed by atoms with van der Waals surface area (Å²) in [4.78, 5) is 12.0. The number of anilines is 1. The monoisotopic (exact) mass is 304 g/mol. The smallest absolute Gasteiger partial charge is 0.319 e. The van der Waals surface area contributed by atoms with Crippen LogP contribution in [0.15, 0.2) is 42.5 Å². The van der Waals surface area contributed by atoms with Gasteiger partial charge >= 0.3 is 6.03 Å². The van der Waals surface area contributed by atoms with Gasteiger partial charge in [-0.25, -0.2) is 13.6 Å². The van der Waals surface area contributed by atoms with Crippen LogP contribution < -0.4 is 15.4 Å². The Hall–Kier alpha value is -2.63. The van der Waals surface area contributed by atoms with E-state index in [1.165, 1.54) is 6.07 Å². The molecule has 114 valence electrons. The third-order valence-corrected chi connectivity index (χ3v) is 3.44. The van der Waals surface area contributed by atoms with E-state index in [0.717, 1.165) is 23.4 Å². The van der Waals surface area contributed by atoms with Crippen molar-refractivity contribution >= 4 is 11.7 Å². The molecule has 0 unspecified atom stereocenters. The molecule has 2 amide bonds. The highest BCUT2D eigenvalue weighted by molar-refractivity contribution is 5.89. The van der Waals surface area contributed by atoms with Crippen molar-refractivity contribution in [2.24, 2.45) is 0 Å². The lowest BCUT2D eigenvalue weighted by atomic mass is 10.0. The Bertz CT molecular complexity index is 706. The van der Waals surface area contributed by atoms with Gasteiger partial charge in [0.05, 0.1) is 18.3 Å². The molecule has 0 spiro atoms. The van der Waals surface area contributed by atoms with Crippen LogP contribution >= 0.6 is 0 Å². The number of rotatable bonds is 2. The molecule has 1 aliphatic rings. The Morgan fingerprint density at radius 3 is 2.82 bits per heavy atom. The van der Waals surface area contributed by atoms with Gasteiger partial charge in [-0.3, -0.25) is 0 Å². The van der Waals surface area contributed by atoms with Gasteiger partial charge in [-0.15, -0.1) is 0 Å². The number of fused-ring (bicyclic) bond motifs is 1. The molecule has 1 heterocycles. The summed E-state index contributed by atoms with van der Waals surface area (Å²) in [5, 5.41) is 5.16. The van der Waals surface area contributed by atoms with Crippen LogP contribution in [0.3, 0.4) is 0 Å². The molecule has 3 rings (SSSR count). The van der Waals surface area contributed by atoms with E-state index >= 15 is 0 Å². The molecule has 0 radical (unpaired) electrons. The summed E-state index contributed by atoms with van der Waals surface area (Å²) in [6.45, 7) is 0.493. The minimum Gasteiger partial charge on any atom is -0.493 e. The number of urea groups is 1. The van der Waals surface area contributed by atoms with Gasteiger partial charge in [-0.2, -0.15) is 0 Å². The number of carbonyl (C=O) groups excluding carboxylic acids is 1. The standard InChI is InChI=1S/C16H14F2N2O2/c17-10-5-6-14(12(18)9-10)20-16(21)19-13-7-8-22-15-4-2-1-3-11(13)15/h1-6,9,13H,7-8H2,(H2,19,20,21)/t13-/m1/s1. The van der Waals surface area contributed by atoms with Crippen LogP contribution in [0.5, 0.6) is 5.75 Å². The van der Waals surface area contributed by atoms with Crippen LogP contribution in [0.2, 0.25) is 0 Å². The minimum atomic E-state index is -0.817. The molecule has 1 atom stereocenters. The lowest BCUT2D eigenvalue weighted by Crippen LogP contribution is -2.35. The molecule has 2 N–H and O–H groups in total. The van der Waals surface area contributed by atoms with Gasteiger partial charge in [0.15, 0.2) is 0 Å². The molecule has 0 aromatic heterocycles. The Balaban J connectivity index is 1.70. The van der Waals surface area contributed by atoms with E-state index in [9.17, 15) is 13.6 Å². The van der Waals surface area contributed by atoms with E-state index in [4.69, 9.17) is 4.74 Å². The van der Waals surface area contributed by atoms with E-state index in [2.05, 4.69) is 10.6 Å². The van der Waals surface area contributed by atoms with E-state index in [-0.39, 0.29) is 11.7 Å². The number of para-hydroxylation sites is 1. The highest BCUT2D eigenvalue weighted by Gasteiger charge is 2.22. The zero-order valence-electron chi connectivity index (χ0n) is 11.6. The summed E-state index contributed by atoms with van der Waals surface area (Å²) in [5.41, 5.74) is 0.808. The summed E-state index contributed by atoms with van der Waals surface area (Å²) in [6.07, 6.45) is 0.621. The van der Waals surface area contributed by atoms with Crippen LogP contribution in [-0.2, 0) is 0 Å². The Kier molecular flexibility index (Phi) is 3.91. The molecule has 6 heteroatoms. The first-order valence-electron chi connectivity index (χ1n) is 6.88. The Labute approximate surface area is 126 Å². The SMILES string of the molecule is O=C(Nc1ccc(F)cc1F)N[C@@H]1CCOc2ccccc21. The fourth-order valence-corrected chi connectivity index (χ4v) is 2.40. The lowest BCUT2D eigenvalue weighted by Gasteiger charge is -2.26. The van der Waals surface area contributed by atoms with Crippen LogP contribution in [0, 0.1) is 11.6 Å². The van der Waals surface area contributed by atoms with E-state index in [0.29, 0.717) is 13.0 Å². The molecule has 0 saturated heterocycles. The predicted octanol–water partition coefficient (Wildman–Crippen LogP) is 3.61. The van der Waals surface area contributed by atoms with Crippen LogP contribution in [0.25, 0.3) is 0 Å². The van der Waals surface area contributed by atoms with Gasteiger partial charge in [0.25, 0.3) is 0 Å². The van der Waals surface area contributed by atoms with Crippen molar-refractivity contribution in [3.63, 3.8) is 0 Å². The lowest BCUT2D eigenvalue weighted by molar-refractivity contribution is 0.232. The quantitative estimate of drug-likeness (QED) is 0.890. The van der Waals surface area contributed by atoms with Gasteiger partial charge in [0.1, 0.15) is 17.4 Å². The average Bonchev–Trinajstić information content (AvgIpc) is 2.50. The predicted molar refractivity (Wildman–Crippen MR) is 77.8 cm³/mol. The third kappa shape index (κ3) is 3.00. The van der Waals surface area contributed by atoms with E-state index in [1.807, 2.05) is 24.3 Å². The second-order valence-electron chi connectivity index (χ2n) is 4.95. The zero-order valence-corrected chi connectivity index (χ0v) is 11.6. The number of halogens is 2. The number of benzene rings is 2. The van der Waals surface area contributed by atoms with E-state index < -0.39 is 17.7 Å². The van der Waals surface area contributed by atoms with E-state index in [1.54, 1.807) is 0 Å². The van der Waals surface area contributed by atoms with Crippen LogP contribution in [-0.4, -0.2) is 12.6 Å². The molecule has 1 aliphatic heterocycles. The average molecular weight is 304 g/mol. The van der Waals surface area contributed by atoms with Crippen molar-refractivity contribution in [3.8, 4) is 5.75 Å². The van der Waals surface area contributed by atoms with Crippen molar-refractivity contribution in [1.29, 1.82) is 0 Å². The largest absolute Gasteiger partial charge is 0.493 e. The first-order valence-corrected chi connectivity index (χ1v) is 6.88. The highest BCUT2D eigenvalue weighted by Crippen LogP contribution is 2.31. The zero-order chi connectivity index (χ0) is 15.5. The number of hydrogen-bond acceptors (Lipinski definition) is 2. The molecule has 22 heavy (non-hydrogen) atoms. The maximum Gasteiger partial charge on any atom is 0.319 e. The van der Waals surface area contributed by atoms with Gasteiger partial charge in [-0.05, 0) is 18.2 Å². The van der Waals surface area contributed by atoms with Crippen molar-refractivity contribution in [1.82, 2.24) is 5.32 Å². The molecule has 0 fully saturated rings. The number of nitrogens with one attached hydrogen (secondary N) is 2. The van der Waals surface area contributed by atoms with Crippen molar-refractivity contribution in [2.75, 3.05) is 11.9 Å². The van der Waals surface area contributed by atoms with Crippen molar-refractivity contribution < 1.29 is 18.3 Å². The van der Waals surface area contributed by atoms with Crippen LogP contribution in [0.1, 0.15) is 18.0 Å². The first-order chi connectivity index (χ1) is 10.6. The van der Waals surface area contributed by atoms with Crippen molar-refractivity contribution in [3.05, 3.63) is 59.7 Å². The number of hydrogen-bond donors (Lipinski definition) is 2. The van der Waals surface area contributed by atoms with Crippen LogP contribution in [0.4, 0.5) is 19.3 Å². The fourth-order valence-electron chi connectivity index (χ4n) is 2.40. The topological polar surface area (TPSA) is 50.4 Å².